The summed E-state index contributed by atoms with van der Waals surface area (Å²) >= 11 is 6.18. The number of carbonyl (C=O) groups is 2. The van der Waals surface area contributed by atoms with E-state index < -0.39 is 12.1 Å². The van der Waals surface area contributed by atoms with Crippen molar-refractivity contribution in [3.05, 3.63) is 82.5 Å². The van der Waals surface area contributed by atoms with Gasteiger partial charge in [0.1, 0.15) is 24.2 Å². The van der Waals surface area contributed by atoms with E-state index in [0.717, 1.165) is 5.56 Å². The molecule has 0 unspecified atom stereocenters. The van der Waals surface area contributed by atoms with Crippen LogP contribution in [0.5, 0.6) is 5.75 Å². The highest BCUT2D eigenvalue weighted by Crippen LogP contribution is 2.45. The van der Waals surface area contributed by atoms with Crippen LogP contribution in [-0.2, 0) is 4.79 Å². The summed E-state index contributed by atoms with van der Waals surface area (Å²) in [7, 11) is 0. The number of ether oxygens (including phenoxy) is 1. The maximum Gasteiger partial charge on any atom is 0.326 e. The summed E-state index contributed by atoms with van der Waals surface area (Å²) in [6.07, 6.45) is 2.69. The molecule has 0 aliphatic carbocycles. The number of amides is 3. The van der Waals surface area contributed by atoms with Gasteiger partial charge < -0.3 is 19.4 Å². The van der Waals surface area contributed by atoms with Crippen molar-refractivity contribution < 1.29 is 18.7 Å². The number of urea groups is 1. The topological polar surface area (TPSA) is 124 Å². The van der Waals surface area contributed by atoms with Gasteiger partial charge in [-0.3, -0.25) is 14.7 Å². The van der Waals surface area contributed by atoms with Crippen molar-refractivity contribution in [3.8, 4) is 11.8 Å². The number of halogens is 1. The van der Waals surface area contributed by atoms with Gasteiger partial charge in [0.25, 0.3) is 0 Å². The molecule has 0 bridgehead atoms. The van der Waals surface area contributed by atoms with Crippen LogP contribution in [0.25, 0.3) is 0 Å². The van der Waals surface area contributed by atoms with E-state index in [1.165, 1.54) is 11.3 Å². The lowest BCUT2D eigenvalue weighted by Gasteiger charge is -2.35. The number of rotatable bonds is 5. The summed E-state index contributed by atoms with van der Waals surface area (Å²) in [6.45, 7) is 4.37. The number of amidine groups is 1. The van der Waals surface area contributed by atoms with Crippen molar-refractivity contribution >= 4 is 29.4 Å². The first-order valence-corrected chi connectivity index (χ1v) is 12.5. The maximum absolute atomic E-state index is 14.2. The molecule has 2 aliphatic rings. The molecule has 1 aromatic heterocycles. The molecule has 3 aromatic rings. The smallest absolute Gasteiger partial charge is 0.326 e. The molecule has 2 aromatic carbocycles. The van der Waals surface area contributed by atoms with Gasteiger partial charge in [-0.2, -0.15) is 5.26 Å². The fraction of sp³-hybridized carbons (Fsp3) is 0.296. The van der Waals surface area contributed by atoms with Gasteiger partial charge in [-0.15, -0.1) is 0 Å². The number of aliphatic imine (C=N–C) groups is 1. The number of piperazine rings is 1. The number of oxazole rings is 1. The maximum atomic E-state index is 14.2. The summed E-state index contributed by atoms with van der Waals surface area (Å²) in [5.41, 5.74) is 1.72. The lowest BCUT2D eigenvalue weighted by Crippen LogP contribution is -2.55. The van der Waals surface area contributed by atoms with E-state index in [4.69, 9.17) is 25.7 Å². The third-order valence-electron chi connectivity index (χ3n) is 6.25. The number of benzene rings is 2. The number of nitrogens with zero attached hydrogens (tertiary/aromatic N) is 5. The molecular weight excluding hydrogens is 508 g/mol. The molecular formula is C27H25ClN6O4. The Balaban J connectivity index is 1.69. The molecule has 3 heterocycles. The largest absolute Gasteiger partial charge is 0.490 e. The Bertz CT molecular complexity index is 1410. The number of aromatic nitrogens is 1. The van der Waals surface area contributed by atoms with Crippen molar-refractivity contribution in [3.63, 3.8) is 0 Å². The van der Waals surface area contributed by atoms with Gasteiger partial charge in [0.05, 0.1) is 35.5 Å². The Morgan fingerprint density at radius 3 is 2.71 bits per heavy atom. The van der Waals surface area contributed by atoms with Crippen LogP contribution in [0.1, 0.15) is 48.4 Å². The van der Waals surface area contributed by atoms with E-state index >= 15 is 0 Å². The van der Waals surface area contributed by atoms with Gasteiger partial charge in [0.2, 0.25) is 5.91 Å². The van der Waals surface area contributed by atoms with Crippen LogP contribution in [0.4, 0.5) is 4.79 Å². The standard InChI is InChI=1S/C27H25ClN6O4/c1-16(2)38-21-11-17(12-29)3-8-20(21)26-32-24(22-13-30-15-37-22)25(18-4-6-19(28)7-5-18)34(26)27(36)33-10-9-31-23(35)14-33/h3-8,11,13,15-16,24-25H,9-10,14H2,1-2H3,(H,31,35)/t24-,25+/m0/s1. The van der Waals surface area contributed by atoms with Crippen molar-refractivity contribution in [1.29, 1.82) is 5.26 Å². The normalized spacial score (nSPS) is 19.2. The van der Waals surface area contributed by atoms with Crippen molar-refractivity contribution in [2.24, 2.45) is 4.99 Å². The number of hydrogen-bond acceptors (Lipinski definition) is 7. The molecule has 0 saturated carbocycles. The fourth-order valence-electron chi connectivity index (χ4n) is 4.61. The third-order valence-corrected chi connectivity index (χ3v) is 6.50. The molecule has 2 atom stereocenters. The second-order valence-corrected chi connectivity index (χ2v) is 9.65. The van der Waals surface area contributed by atoms with Crippen LogP contribution < -0.4 is 10.1 Å². The van der Waals surface area contributed by atoms with E-state index in [-0.39, 0.29) is 24.6 Å². The molecule has 1 fully saturated rings. The van der Waals surface area contributed by atoms with Gasteiger partial charge in [0, 0.05) is 18.1 Å². The summed E-state index contributed by atoms with van der Waals surface area (Å²) in [5, 5.41) is 12.8. The highest BCUT2D eigenvalue weighted by Gasteiger charge is 2.46. The Morgan fingerprint density at radius 2 is 2.05 bits per heavy atom. The predicted octanol–water partition coefficient (Wildman–Crippen LogP) is 4.08. The van der Waals surface area contributed by atoms with Gasteiger partial charge >= 0.3 is 6.03 Å². The first-order chi connectivity index (χ1) is 18.4. The molecule has 194 valence electrons. The molecule has 38 heavy (non-hydrogen) atoms. The third kappa shape index (κ3) is 4.93. The van der Waals surface area contributed by atoms with Crippen LogP contribution in [0.15, 0.2) is 64.5 Å². The second-order valence-electron chi connectivity index (χ2n) is 9.21. The molecule has 5 rings (SSSR count). The SMILES string of the molecule is CC(C)Oc1cc(C#N)ccc1C1=N[C@@H](c2cnco2)[C@@H](c2ccc(Cl)cc2)N1C(=O)N1CCNC(=O)C1. The quantitative estimate of drug-likeness (QED) is 0.528. The predicted molar refractivity (Wildman–Crippen MR) is 139 cm³/mol. The van der Waals surface area contributed by atoms with E-state index in [1.54, 1.807) is 41.4 Å². The van der Waals surface area contributed by atoms with Crippen LogP contribution in [0.3, 0.4) is 0 Å². The van der Waals surface area contributed by atoms with E-state index in [9.17, 15) is 14.9 Å². The van der Waals surface area contributed by atoms with Crippen molar-refractivity contribution in [2.75, 3.05) is 19.6 Å². The van der Waals surface area contributed by atoms with Crippen LogP contribution >= 0.6 is 11.6 Å². The van der Waals surface area contributed by atoms with Crippen molar-refractivity contribution in [2.45, 2.75) is 32.0 Å². The molecule has 0 radical (unpaired) electrons. The highest BCUT2D eigenvalue weighted by molar-refractivity contribution is 6.30. The second kappa shape index (κ2) is 10.6. The highest BCUT2D eigenvalue weighted by atomic mass is 35.5. The van der Waals surface area contributed by atoms with Gasteiger partial charge in [-0.1, -0.05) is 23.7 Å². The summed E-state index contributed by atoms with van der Waals surface area (Å²) in [4.78, 5) is 38.5. The monoisotopic (exact) mass is 532 g/mol. The Labute approximate surface area is 224 Å². The summed E-state index contributed by atoms with van der Waals surface area (Å²) in [6, 6.07) is 12.7. The van der Waals surface area contributed by atoms with Crippen LogP contribution in [0.2, 0.25) is 5.02 Å². The average molecular weight is 533 g/mol. The molecule has 10 nitrogen and oxygen atoms in total. The average Bonchev–Trinajstić information content (AvgIpc) is 3.57. The van der Waals surface area contributed by atoms with Gasteiger partial charge in [0.15, 0.2) is 12.2 Å². The van der Waals surface area contributed by atoms with E-state index in [2.05, 4.69) is 16.4 Å². The zero-order chi connectivity index (χ0) is 26.8. The first-order valence-electron chi connectivity index (χ1n) is 12.1. The van der Waals surface area contributed by atoms with E-state index in [0.29, 0.717) is 46.6 Å². The van der Waals surface area contributed by atoms with Crippen LogP contribution in [-0.4, -0.2) is 58.3 Å². The number of hydrogen-bond donors (Lipinski definition) is 1. The number of nitriles is 1. The summed E-state index contributed by atoms with van der Waals surface area (Å²) < 4.78 is 11.7. The lowest BCUT2D eigenvalue weighted by atomic mass is 9.97. The Hall–Kier alpha value is -4.36. The molecule has 3 amide bonds. The Kier molecular flexibility index (Phi) is 7.03. The van der Waals surface area contributed by atoms with Crippen molar-refractivity contribution in [1.82, 2.24) is 20.1 Å². The minimum absolute atomic E-state index is 0.0777. The zero-order valence-electron chi connectivity index (χ0n) is 20.8. The minimum Gasteiger partial charge on any atom is -0.490 e. The number of nitrogens with one attached hydrogen (secondary N) is 1. The molecule has 11 heteroatoms. The Morgan fingerprint density at radius 1 is 1.26 bits per heavy atom. The first kappa shape index (κ1) is 25.3. The molecule has 2 aliphatic heterocycles. The molecule has 1 saturated heterocycles. The van der Waals surface area contributed by atoms with Gasteiger partial charge in [-0.25, -0.2) is 9.78 Å². The molecule has 0 spiro atoms. The van der Waals surface area contributed by atoms with Crippen LogP contribution in [0, 0.1) is 11.3 Å². The fourth-order valence-corrected chi connectivity index (χ4v) is 4.74. The summed E-state index contributed by atoms with van der Waals surface area (Å²) in [5.74, 6) is 0.982. The zero-order valence-corrected chi connectivity index (χ0v) is 21.6. The van der Waals surface area contributed by atoms with Gasteiger partial charge in [-0.05, 0) is 49.7 Å². The van der Waals surface area contributed by atoms with E-state index in [1.807, 2.05) is 26.0 Å². The lowest BCUT2D eigenvalue weighted by molar-refractivity contribution is -0.123. The number of carbonyl (C=O) groups excluding carboxylic acids is 2. The minimum atomic E-state index is -0.640. The molecule has 1 N–H and O–H groups in total.